The molecule has 0 spiro atoms. The second kappa shape index (κ2) is 6.48. The first-order valence-corrected chi connectivity index (χ1v) is 7.95. The molecule has 1 aliphatic carbocycles. The average molecular weight is 289 g/mol. The Morgan fingerprint density at radius 3 is 2.86 bits per heavy atom. The molecule has 1 aliphatic heterocycles. The van der Waals surface area contributed by atoms with E-state index in [1.54, 1.807) is 0 Å². The van der Waals surface area contributed by atoms with Gasteiger partial charge in [0.1, 0.15) is 5.75 Å². The number of fused-ring (bicyclic) bond motifs is 1. The van der Waals surface area contributed by atoms with Crippen LogP contribution >= 0.6 is 0 Å². The molecule has 1 saturated heterocycles. The van der Waals surface area contributed by atoms with Gasteiger partial charge in [-0.25, -0.2) is 0 Å². The minimum atomic E-state index is -0.393. The summed E-state index contributed by atoms with van der Waals surface area (Å²) in [7, 11) is 0. The molecular weight excluding hydrogens is 266 g/mol. The van der Waals surface area contributed by atoms with Crippen LogP contribution in [0, 0.1) is 0 Å². The highest BCUT2D eigenvalue weighted by atomic mass is 16.5. The zero-order valence-corrected chi connectivity index (χ0v) is 12.4. The summed E-state index contributed by atoms with van der Waals surface area (Å²) in [6, 6.07) is 5.81. The molecule has 3 rings (SSSR count). The largest absolute Gasteiger partial charge is 0.484 e. The fourth-order valence-electron chi connectivity index (χ4n) is 3.22. The number of hydrogen-bond donors (Lipinski definition) is 1. The lowest BCUT2D eigenvalue weighted by Gasteiger charge is -2.27. The number of aryl methyl sites for hydroxylation is 1. The van der Waals surface area contributed by atoms with E-state index in [-0.39, 0.29) is 12.5 Å². The molecule has 1 aromatic carbocycles. The summed E-state index contributed by atoms with van der Waals surface area (Å²) < 4.78 is 5.63. The number of ether oxygens (including phenoxy) is 1. The van der Waals surface area contributed by atoms with Crippen molar-refractivity contribution in [1.29, 1.82) is 0 Å². The zero-order chi connectivity index (χ0) is 14.7. The smallest absolute Gasteiger partial charge is 0.260 e. The average Bonchev–Trinajstić information content (AvgIpc) is 2.54. The van der Waals surface area contributed by atoms with Crippen molar-refractivity contribution in [2.45, 2.75) is 44.6 Å². The number of amides is 1. The van der Waals surface area contributed by atoms with E-state index in [0.29, 0.717) is 5.75 Å². The van der Waals surface area contributed by atoms with E-state index in [1.165, 1.54) is 12.0 Å². The molecule has 2 aliphatic rings. The molecule has 1 heterocycles. The number of aliphatic hydroxyl groups excluding tert-OH is 1. The fourth-order valence-corrected chi connectivity index (χ4v) is 3.22. The monoisotopic (exact) mass is 289 g/mol. The molecule has 1 aromatic rings. The Morgan fingerprint density at radius 1 is 1.24 bits per heavy atom. The molecule has 0 unspecified atom stereocenters. The van der Waals surface area contributed by atoms with E-state index in [4.69, 9.17) is 4.74 Å². The lowest BCUT2D eigenvalue weighted by atomic mass is 9.89. The molecular formula is C17H23NO3. The topological polar surface area (TPSA) is 49.8 Å². The maximum absolute atomic E-state index is 12.1. The molecule has 1 atom stereocenters. The van der Waals surface area contributed by atoms with Gasteiger partial charge in [0.05, 0.1) is 6.10 Å². The van der Waals surface area contributed by atoms with Crippen LogP contribution in [0.2, 0.25) is 0 Å². The minimum absolute atomic E-state index is 0.0629. The fraction of sp³-hybridized carbons (Fsp3) is 0.588. The molecule has 21 heavy (non-hydrogen) atoms. The van der Waals surface area contributed by atoms with Crippen LogP contribution in [0.25, 0.3) is 0 Å². The number of carbonyl (C=O) groups is 1. The molecule has 1 fully saturated rings. The number of nitrogens with zero attached hydrogens (tertiary/aromatic N) is 1. The van der Waals surface area contributed by atoms with Gasteiger partial charge in [-0.2, -0.15) is 0 Å². The summed E-state index contributed by atoms with van der Waals surface area (Å²) in [4.78, 5) is 14.0. The molecule has 0 aromatic heterocycles. The molecule has 4 nitrogen and oxygen atoms in total. The molecule has 1 N–H and O–H groups in total. The normalized spacial score (nSPS) is 21.8. The highest BCUT2D eigenvalue weighted by Gasteiger charge is 2.20. The second-order valence-electron chi connectivity index (χ2n) is 6.00. The van der Waals surface area contributed by atoms with Gasteiger partial charge in [-0.05, 0) is 61.8 Å². The molecule has 1 amide bonds. The van der Waals surface area contributed by atoms with Crippen LogP contribution in [0.3, 0.4) is 0 Å². The van der Waals surface area contributed by atoms with Gasteiger partial charge in [0.2, 0.25) is 0 Å². The van der Waals surface area contributed by atoms with E-state index < -0.39 is 6.10 Å². The van der Waals surface area contributed by atoms with Crippen molar-refractivity contribution in [2.24, 2.45) is 0 Å². The summed E-state index contributed by atoms with van der Waals surface area (Å²) >= 11 is 0. The number of rotatable bonds is 3. The summed E-state index contributed by atoms with van der Waals surface area (Å²) in [5.41, 5.74) is 2.16. The Hall–Kier alpha value is -1.55. The maximum Gasteiger partial charge on any atom is 0.260 e. The first-order valence-electron chi connectivity index (χ1n) is 7.95. The van der Waals surface area contributed by atoms with Gasteiger partial charge >= 0.3 is 0 Å². The van der Waals surface area contributed by atoms with Gasteiger partial charge in [-0.3, -0.25) is 4.79 Å². The molecule has 4 heteroatoms. The van der Waals surface area contributed by atoms with Crippen LogP contribution in [0.15, 0.2) is 18.2 Å². The van der Waals surface area contributed by atoms with Crippen molar-refractivity contribution < 1.29 is 14.6 Å². The Morgan fingerprint density at radius 2 is 2.05 bits per heavy atom. The number of hydrogen-bond acceptors (Lipinski definition) is 3. The summed E-state index contributed by atoms with van der Waals surface area (Å²) in [5.74, 6) is 0.744. The predicted molar refractivity (Wildman–Crippen MR) is 80.3 cm³/mol. The van der Waals surface area contributed by atoms with Crippen molar-refractivity contribution in [1.82, 2.24) is 4.90 Å². The van der Waals surface area contributed by atoms with Crippen LogP contribution in [-0.2, 0) is 11.2 Å². The third-order valence-electron chi connectivity index (χ3n) is 4.47. The molecule has 114 valence electrons. The Kier molecular flexibility index (Phi) is 4.44. The number of piperidine rings is 1. The van der Waals surface area contributed by atoms with E-state index in [2.05, 4.69) is 0 Å². The van der Waals surface area contributed by atoms with Gasteiger partial charge < -0.3 is 14.7 Å². The third-order valence-corrected chi connectivity index (χ3v) is 4.47. The standard InChI is InChI=1S/C17H23NO3/c19-16-6-4-5-13-7-8-14(11-15(13)16)21-12-17(20)18-9-2-1-3-10-18/h7-8,11,16,19H,1-6,9-10,12H2/t16-/m1/s1. The highest BCUT2D eigenvalue weighted by Crippen LogP contribution is 2.32. The van der Waals surface area contributed by atoms with Gasteiger partial charge in [0.25, 0.3) is 5.91 Å². The van der Waals surface area contributed by atoms with Crippen LogP contribution in [-0.4, -0.2) is 35.6 Å². The van der Waals surface area contributed by atoms with Gasteiger partial charge in [0, 0.05) is 13.1 Å². The quantitative estimate of drug-likeness (QED) is 0.930. The van der Waals surface area contributed by atoms with Crippen LogP contribution in [0.4, 0.5) is 0 Å². The summed E-state index contributed by atoms with van der Waals surface area (Å²) in [6.45, 7) is 1.80. The zero-order valence-electron chi connectivity index (χ0n) is 12.4. The Labute approximate surface area is 125 Å². The lowest BCUT2D eigenvalue weighted by Crippen LogP contribution is -2.38. The van der Waals surface area contributed by atoms with Crippen molar-refractivity contribution in [3.63, 3.8) is 0 Å². The minimum Gasteiger partial charge on any atom is -0.484 e. The van der Waals surface area contributed by atoms with E-state index >= 15 is 0 Å². The van der Waals surface area contributed by atoms with E-state index in [1.807, 2.05) is 23.1 Å². The maximum atomic E-state index is 12.1. The number of benzene rings is 1. The number of likely N-dealkylation sites (tertiary alicyclic amines) is 1. The van der Waals surface area contributed by atoms with Crippen LogP contribution in [0.5, 0.6) is 5.75 Å². The van der Waals surface area contributed by atoms with Crippen molar-refractivity contribution in [2.75, 3.05) is 19.7 Å². The third kappa shape index (κ3) is 3.38. The molecule has 0 bridgehead atoms. The van der Waals surface area contributed by atoms with Gasteiger partial charge in [-0.15, -0.1) is 0 Å². The second-order valence-corrected chi connectivity index (χ2v) is 6.00. The molecule has 0 radical (unpaired) electrons. The Bertz CT molecular complexity index is 509. The van der Waals surface area contributed by atoms with Gasteiger partial charge in [-0.1, -0.05) is 6.07 Å². The van der Waals surface area contributed by atoms with Crippen molar-refractivity contribution in [3.05, 3.63) is 29.3 Å². The Balaban J connectivity index is 1.60. The van der Waals surface area contributed by atoms with Crippen LogP contribution < -0.4 is 4.74 Å². The summed E-state index contributed by atoms with van der Waals surface area (Å²) in [6.07, 6.45) is 5.86. The predicted octanol–water partition coefficient (Wildman–Crippen LogP) is 2.45. The first-order chi connectivity index (χ1) is 10.2. The SMILES string of the molecule is O=C(COc1ccc2c(c1)[C@H](O)CCC2)N1CCCCC1. The van der Waals surface area contributed by atoms with Crippen molar-refractivity contribution in [3.8, 4) is 5.75 Å². The highest BCUT2D eigenvalue weighted by molar-refractivity contribution is 5.77. The van der Waals surface area contributed by atoms with Crippen LogP contribution in [0.1, 0.15) is 49.3 Å². The van der Waals surface area contributed by atoms with Crippen molar-refractivity contribution >= 4 is 5.91 Å². The number of carbonyl (C=O) groups excluding carboxylic acids is 1. The number of aliphatic hydroxyl groups is 1. The molecule has 0 saturated carbocycles. The van der Waals surface area contributed by atoms with E-state index in [9.17, 15) is 9.90 Å². The summed E-state index contributed by atoms with van der Waals surface area (Å²) in [5, 5.41) is 10.0. The lowest BCUT2D eigenvalue weighted by molar-refractivity contribution is -0.134. The van der Waals surface area contributed by atoms with E-state index in [0.717, 1.165) is 50.8 Å². The van der Waals surface area contributed by atoms with Gasteiger partial charge in [0.15, 0.2) is 6.61 Å². The first kappa shape index (κ1) is 14.4.